The summed E-state index contributed by atoms with van der Waals surface area (Å²) in [5.41, 5.74) is 0.498. The van der Waals surface area contributed by atoms with Gasteiger partial charge in [0.25, 0.3) is 0 Å². The van der Waals surface area contributed by atoms with Gasteiger partial charge in [-0.2, -0.15) is 0 Å². The number of aldehydes is 1. The van der Waals surface area contributed by atoms with E-state index in [9.17, 15) is 4.79 Å². The maximum atomic E-state index is 11.0. The molecule has 0 heterocycles. The van der Waals surface area contributed by atoms with E-state index in [1.165, 1.54) is 25.7 Å². The molecule has 0 aromatic heterocycles. The molecule has 0 aromatic carbocycles. The number of rotatable bonds is 2. The van der Waals surface area contributed by atoms with Crippen LogP contribution >= 0.6 is 0 Å². The van der Waals surface area contributed by atoms with Gasteiger partial charge in [-0.1, -0.05) is 34.1 Å². The predicted octanol–water partition coefficient (Wildman–Crippen LogP) is 4.31. The van der Waals surface area contributed by atoms with Crippen LogP contribution in [0.15, 0.2) is 0 Å². The number of carbonyl (C=O) groups excluding carboxylic acids is 1. The van der Waals surface area contributed by atoms with Gasteiger partial charge in [0.15, 0.2) is 0 Å². The fourth-order valence-corrected chi connectivity index (χ4v) is 4.74. The lowest BCUT2D eigenvalue weighted by molar-refractivity contribution is -0.112. The molecule has 4 unspecified atom stereocenters. The molecule has 5 atom stereocenters. The van der Waals surface area contributed by atoms with Crippen LogP contribution < -0.4 is 0 Å². The van der Waals surface area contributed by atoms with Crippen molar-refractivity contribution in [2.24, 2.45) is 35.0 Å². The van der Waals surface area contributed by atoms with Crippen LogP contribution in [0.3, 0.4) is 0 Å². The van der Waals surface area contributed by atoms with Crippen LogP contribution in [0, 0.1) is 35.0 Å². The molecule has 98 valence electrons. The molecule has 0 aromatic rings. The van der Waals surface area contributed by atoms with Crippen molar-refractivity contribution in [3.63, 3.8) is 0 Å². The molecule has 1 heteroatoms. The average Bonchev–Trinajstić information content (AvgIpc) is 2.27. The second-order valence-corrected chi connectivity index (χ2v) is 7.31. The second-order valence-electron chi connectivity index (χ2n) is 7.31. The first-order valence-electron chi connectivity index (χ1n) is 7.41. The molecule has 2 aliphatic carbocycles. The first-order valence-corrected chi connectivity index (χ1v) is 7.41. The molecular formula is C16H28O. The fraction of sp³-hybridized carbons (Fsp3) is 0.938. The van der Waals surface area contributed by atoms with E-state index in [2.05, 4.69) is 27.7 Å². The molecule has 2 fully saturated rings. The second kappa shape index (κ2) is 4.74. The minimum atomic E-state index is 0.498. The minimum Gasteiger partial charge on any atom is -0.303 e. The number of fused-ring (bicyclic) bond motifs is 1. The smallest absolute Gasteiger partial charge is 0.120 e. The molecule has 0 radical (unpaired) electrons. The van der Waals surface area contributed by atoms with Gasteiger partial charge < -0.3 is 4.79 Å². The van der Waals surface area contributed by atoms with Gasteiger partial charge in [0.2, 0.25) is 0 Å². The Morgan fingerprint density at radius 2 is 1.82 bits per heavy atom. The van der Waals surface area contributed by atoms with Crippen LogP contribution in [0.1, 0.15) is 59.8 Å². The molecule has 1 nitrogen and oxygen atoms in total. The lowest BCUT2D eigenvalue weighted by atomic mass is 9.51. The molecule has 0 bridgehead atoms. The van der Waals surface area contributed by atoms with Gasteiger partial charge in [0.1, 0.15) is 6.29 Å². The van der Waals surface area contributed by atoms with Crippen molar-refractivity contribution < 1.29 is 4.79 Å². The lowest BCUT2D eigenvalue weighted by Crippen LogP contribution is -2.47. The molecule has 0 amide bonds. The maximum absolute atomic E-state index is 11.0. The third kappa shape index (κ3) is 2.30. The third-order valence-corrected chi connectivity index (χ3v) is 5.90. The molecule has 2 aliphatic rings. The Morgan fingerprint density at radius 3 is 2.47 bits per heavy atom. The average molecular weight is 236 g/mol. The Balaban J connectivity index is 2.25. The maximum Gasteiger partial charge on any atom is 0.120 e. The Morgan fingerprint density at radius 1 is 1.12 bits per heavy atom. The van der Waals surface area contributed by atoms with Gasteiger partial charge >= 0.3 is 0 Å². The van der Waals surface area contributed by atoms with Crippen molar-refractivity contribution in [3.05, 3.63) is 0 Å². The van der Waals surface area contributed by atoms with Gasteiger partial charge in [-0.05, 0) is 54.3 Å². The van der Waals surface area contributed by atoms with E-state index in [0.717, 1.165) is 36.4 Å². The molecule has 0 aliphatic heterocycles. The van der Waals surface area contributed by atoms with Crippen molar-refractivity contribution in [3.8, 4) is 0 Å². The van der Waals surface area contributed by atoms with Gasteiger partial charge in [-0.3, -0.25) is 0 Å². The summed E-state index contributed by atoms with van der Waals surface area (Å²) >= 11 is 0. The Labute approximate surface area is 106 Å². The van der Waals surface area contributed by atoms with Crippen molar-refractivity contribution in [1.29, 1.82) is 0 Å². The van der Waals surface area contributed by atoms with Gasteiger partial charge in [-0.15, -0.1) is 0 Å². The quantitative estimate of drug-likeness (QED) is 0.653. The zero-order valence-corrected chi connectivity index (χ0v) is 11.9. The fourth-order valence-electron chi connectivity index (χ4n) is 4.74. The first kappa shape index (κ1) is 13.1. The topological polar surface area (TPSA) is 17.1 Å². The highest BCUT2D eigenvalue weighted by Crippen LogP contribution is 2.56. The van der Waals surface area contributed by atoms with Crippen LogP contribution in [-0.2, 0) is 4.79 Å². The van der Waals surface area contributed by atoms with E-state index < -0.39 is 0 Å². The highest BCUT2D eigenvalue weighted by molar-refractivity contribution is 5.50. The third-order valence-electron chi connectivity index (χ3n) is 5.90. The van der Waals surface area contributed by atoms with Crippen molar-refractivity contribution in [2.45, 2.75) is 59.8 Å². The molecule has 0 spiro atoms. The molecule has 0 N–H and O–H groups in total. The predicted molar refractivity (Wildman–Crippen MR) is 71.7 cm³/mol. The van der Waals surface area contributed by atoms with E-state index in [1.807, 2.05) is 0 Å². The van der Waals surface area contributed by atoms with Crippen LogP contribution in [0.2, 0.25) is 0 Å². The summed E-state index contributed by atoms with van der Waals surface area (Å²) in [5.74, 6) is 3.87. The summed E-state index contributed by atoms with van der Waals surface area (Å²) in [7, 11) is 0. The molecule has 17 heavy (non-hydrogen) atoms. The summed E-state index contributed by atoms with van der Waals surface area (Å²) in [6.45, 7) is 9.68. The number of hydrogen-bond acceptors (Lipinski definition) is 1. The van der Waals surface area contributed by atoms with E-state index >= 15 is 0 Å². The van der Waals surface area contributed by atoms with Crippen molar-refractivity contribution >= 4 is 6.29 Å². The molecule has 2 rings (SSSR count). The summed E-state index contributed by atoms with van der Waals surface area (Å²) < 4.78 is 0. The van der Waals surface area contributed by atoms with Crippen LogP contribution in [0.5, 0.6) is 0 Å². The molecule has 2 saturated carbocycles. The van der Waals surface area contributed by atoms with Crippen LogP contribution in [-0.4, -0.2) is 6.29 Å². The zero-order chi connectivity index (χ0) is 12.6. The number of carbonyl (C=O) groups is 1. The summed E-state index contributed by atoms with van der Waals surface area (Å²) in [4.78, 5) is 11.0. The van der Waals surface area contributed by atoms with E-state index in [-0.39, 0.29) is 0 Å². The zero-order valence-electron chi connectivity index (χ0n) is 11.9. The lowest BCUT2D eigenvalue weighted by Gasteiger charge is -2.54. The highest BCUT2D eigenvalue weighted by Gasteiger charge is 2.48. The van der Waals surface area contributed by atoms with E-state index in [0.29, 0.717) is 11.3 Å². The monoisotopic (exact) mass is 236 g/mol. The summed E-state index contributed by atoms with van der Waals surface area (Å²) in [6.07, 6.45) is 7.41. The SMILES string of the molecule is CC1CCC2C(C1CC=O)[C@@H](C)CCC2(C)C. The van der Waals surface area contributed by atoms with E-state index in [1.54, 1.807) is 0 Å². The minimum absolute atomic E-state index is 0.498. The Bertz CT molecular complexity index is 281. The van der Waals surface area contributed by atoms with E-state index in [4.69, 9.17) is 0 Å². The van der Waals surface area contributed by atoms with Crippen molar-refractivity contribution in [2.75, 3.05) is 0 Å². The van der Waals surface area contributed by atoms with Gasteiger partial charge in [0, 0.05) is 6.42 Å². The van der Waals surface area contributed by atoms with Gasteiger partial charge in [0.05, 0.1) is 0 Å². The summed E-state index contributed by atoms with van der Waals surface area (Å²) in [5, 5.41) is 0. The normalized spacial score (nSPS) is 45.1. The Kier molecular flexibility index (Phi) is 3.66. The van der Waals surface area contributed by atoms with Crippen LogP contribution in [0.25, 0.3) is 0 Å². The van der Waals surface area contributed by atoms with Crippen LogP contribution in [0.4, 0.5) is 0 Å². The van der Waals surface area contributed by atoms with Crippen molar-refractivity contribution in [1.82, 2.24) is 0 Å². The molecule has 0 saturated heterocycles. The number of hydrogen-bond donors (Lipinski definition) is 0. The standard InChI is InChI=1S/C16H28O/c1-11-5-6-14-15(13(11)8-10-17)12(2)7-9-16(14,3)4/h10-15H,5-9H2,1-4H3/t11?,12-,13?,14?,15?/m0/s1. The first-order chi connectivity index (χ1) is 7.97. The van der Waals surface area contributed by atoms with Gasteiger partial charge in [-0.25, -0.2) is 0 Å². The summed E-state index contributed by atoms with van der Waals surface area (Å²) in [6, 6.07) is 0. The Hall–Kier alpha value is -0.330. The highest BCUT2D eigenvalue weighted by atomic mass is 16.1. The molecular weight excluding hydrogens is 208 g/mol. The largest absolute Gasteiger partial charge is 0.303 e.